The molecule has 0 bridgehead atoms. The van der Waals surface area contributed by atoms with Crippen LogP contribution in [0.3, 0.4) is 0 Å². The third-order valence-electron chi connectivity index (χ3n) is 4.63. The maximum atomic E-state index is 14.5. The van der Waals surface area contributed by atoms with E-state index in [2.05, 4.69) is 25.3 Å². The molecule has 1 aliphatic carbocycles. The largest absolute Gasteiger partial charge is 0.365 e. The van der Waals surface area contributed by atoms with Crippen molar-refractivity contribution >= 4 is 34.1 Å². The second-order valence-corrected chi connectivity index (χ2v) is 7.51. The first-order valence-electron chi connectivity index (χ1n) is 8.73. The lowest BCUT2D eigenvalue weighted by Crippen LogP contribution is -2.56. The van der Waals surface area contributed by atoms with Gasteiger partial charge >= 0.3 is 0 Å². The van der Waals surface area contributed by atoms with Crippen LogP contribution in [0.2, 0.25) is 0 Å². The van der Waals surface area contributed by atoms with Gasteiger partial charge in [0, 0.05) is 12.5 Å². The van der Waals surface area contributed by atoms with Gasteiger partial charge in [-0.05, 0) is 50.5 Å². The van der Waals surface area contributed by atoms with Crippen LogP contribution < -0.4 is 21.7 Å². The van der Waals surface area contributed by atoms with Crippen molar-refractivity contribution in [3.8, 4) is 0 Å². The fraction of sp³-hybridized carbons (Fsp3) is 0.471. The van der Waals surface area contributed by atoms with E-state index in [0.29, 0.717) is 17.8 Å². The van der Waals surface area contributed by atoms with Gasteiger partial charge in [-0.3, -0.25) is 4.79 Å². The average Bonchev–Trinajstić information content (AvgIpc) is 3.01. The van der Waals surface area contributed by atoms with Crippen LogP contribution in [0.5, 0.6) is 0 Å². The lowest BCUT2D eigenvalue weighted by atomic mass is 9.87. The van der Waals surface area contributed by atoms with E-state index in [-0.39, 0.29) is 23.6 Å². The van der Waals surface area contributed by atoms with Gasteiger partial charge in [-0.25, -0.2) is 18.2 Å². The number of carbonyl (C=O) groups is 1. The summed E-state index contributed by atoms with van der Waals surface area (Å²) in [5.74, 6) is -4.82. The van der Waals surface area contributed by atoms with Crippen molar-refractivity contribution in [2.24, 2.45) is 5.73 Å². The monoisotopic (exact) mass is 414 g/mol. The number of rotatable bonds is 6. The van der Waals surface area contributed by atoms with E-state index in [9.17, 15) is 18.0 Å². The third kappa shape index (κ3) is 4.20. The maximum absolute atomic E-state index is 14.5. The third-order valence-corrected chi connectivity index (χ3v) is 5.42. The second kappa shape index (κ2) is 7.92. The summed E-state index contributed by atoms with van der Waals surface area (Å²) in [5, 5.41) is 8.86. The molecule has 1 aliphatic rings. The molecule has 1 fully saturated rings. The van der Waals surface area contributed by atoms with Gasteiger partial charge in [0.15, 0.2) is 11.6 Å². The van der Waals surface area contributed by atoms with Gasteiger partial charge < -0.3 is 21.7 Å². The first-order chi connectivity index (χ1) is 13.2. The molecule has 1 amide bonds. The number of aromatic nitrogens is 2. The van der Waals surface area contributed by atoms with Crippen LogP contribution in [0.15, 0.2) is 12.1 Å². The molecule has 28 heavy (non-hydrogen) atoms. The summed E-state index contributed by atoms with van der Waals surface area (Å²) in [7, 11) is 1.44. The summed E-state index contributed by atoms with van der Waals surface area (Å²) in [6, 6.07) is 0.780. The minimum absolute atomic E-state index is 0.0311. The molecule has 2 atom stereocenters. The Morgan fingerprint density at radius 2 is 2.11 bits per heavy atom. The topological polar surface area (TPSA) is 105 Å². The summed E-state index contributed by atoms with van der Waals surface area (Å²) < 4.78 is 47.0. The van der Waals surface area contributed by atoms with E-state index in [0.717, 1.165) is 23.3 Å². The number of nitrogens with two attached hydrogens (primary N) is 1. The van der Waals surface area contributed by atoms with Crippen molar-refractivity contribution < 1.29 is 18.0 Å². The van der Waals surface area contributed by atoms with E-state index in [1.807, 2.05) is 0 Å². The van der Waals surface area contributed by atoms with Gasteiger partial charge in [0.05, 0.1) is 17.3 Å². The van der Waals surface area contributed by atoms with Crippen LogP contribution >= 0.6 is 11.5 Å². The van der Waals surface area contributed by atoms with Gasteiger partial charge in [-0.2, -0.15) is 4.37 Å². The second-order valence-electron chi connectivity index (χ2n) is 6.71. The highest BCUT2D eigenvalue weighted by molar-refractivity contribution is 7.10. The van der Waals surface area contributed by atoms with Crippen molar-refractivity contribution in [3.05, 3.63) is 29.2 Å². The summed E-state index contributed by atoms with van der Waals surface area (Å²) >= 11 is 1.14. The number of hydrogen-bond donors (Lipinski definition) is 4. The molecular weight excluding hydrogens is 393 g/mol. The number of hydrogen-bond acceptors (Lipinski definition) is 7. The molecule has 11 heteroatoms. The van der Waals surface area contributed by atoms with Crippen LogP contribution in [-0.4, -0.2) is 40.3 Å². The number of anilines is 3. The van der Waals surface area contributed by atoms with Crippen molar-refractivity contribution in [1.82, 2.24) is 14.7 Å². The molecule has 0 aromatic carbocycles. The number of alkyl halides is 2. The number of nitrogens with one attached hydrogen (secondary N) is 3. The van der Waals surface area contributed by atoms with Crippen molar-refractivity contribution in [2.45, 2.75) is 44.2 Å². The number of carbonyl (C=O) groups excluding carboxylic acids is 1. The van der Waals surface area contributed by atoms with E-state index in [4.69, 9.17) is 5.73 Å². The zero-order chi connectivity index (χ0) is 20.5. The minimum atomic E-state index is -2.92. The van der Waals surface area contributed by atoms with Gasteiger partial charge in [0.1, 0.15) is 10.8 Å². The molecule has 2 aromatic rings. The Hall–Kier alpha value is -2.40. The molecule has 0 radical (unpaired) electrons. The van der Waals surface area contributed by atoms with Gasteiger partial charge in [0.2, 0.25) is 0 Å². The molecule has 2 heterocycles. The van der Waals surface area contributed by atoms with E-state index in [1.54, 1.807) is 13.0 Å². The Morgan fingerprint density at radius 3 is 2.71 bits per heavy atom. The van der Waals surface area contributed by atoms with Crippen LogP contribution in [-0.2, 0) is 0 Å². The summed E-state index contributed by atoms with van der Waals surface area (Å²) in [6.45, 7) is 1.79. The highest BCUT2D eigenvalue weighted by atomic mass is 32.1. The first kappa shape index (κ1) is 20.3. The summed E-state index contributed by atoms with van der Waals surface area (Å²) in [5.41, 5.74) is 5.94. The number of primary amides is 1. The maximum Gasteiger partial charge on any atom is 0.265 e. The SMILES string of the molecule is CN[C@@H]1[C@H](Nc2nc(Nc3cc(C)ns3)c(C(N)=O)cc2F)CCCC1(F)F. The Labute approximate surface area is 164 Å². The first-order valence-corrected chi connectivity index (χ1v) is 9.51. The Balaban J connectivity index is 1.92. The molecule has 5 N–H and O–H groups in total. The highest BCUT2D eigenvalue weighted by Crippen LogP contribution is 2.35. The number of aryl methyl sites for hydroxylation is 1. The zero-order valence-corrected chi connectivity index (χ0v) is 16.2. The van der Waals surface area contributed by atoms with Crippen LogP contribution in [0.4, 0.5) is 29.8 Å². The average molecular weight is 414 g/mol. The molecule has 0 saturated heterocycles. The molecule has 3 rings (SSSR count). The molecule has 0 aliphatic heterocycles. The summed E-state index contributed by atoms with van der Waals surface area (Å²) in [4.78, 5) is 15.8. The van der Waals surface area contributed by atoms with Crippen molar-refractivity contribution in [1.29, 1.82) is 0 Å². The summed E-state index contributed by atoms with van der Waals surface area (Å²) in [6.07, 6.45) is 0.496. The number of nitrogens with zero attached hydrogens (tertiary/aromatic N) is 2. The Kier molecular flexibility index (Phi) is 5.75. The predicted molar refractivity (Wildman–Crippen MR) is 102 cm³/mol. The fourth-order valence-electron chi connectivity index (χ4n) is 3.33. The van der Waals surface area contributed by atoms with Gasteiger partial charge in [-0.1, -0.05) is 0 Å². The minimum Gasteiger partial charge on any atom is -0.365 e. The fourth-order valence-corrected chi connectivity index (χ4v) is 3.99. The molecule has 2 aromatic heterocycles. The Bertz CT molecular complexity index is 875. The van der Waals surface area contributed by atoms with E-state index >= 15 is 0 Å². The highest BCUT2D eigenvalue weighted by Gasteiger charge is 2.46. The molecule has 152 valence electrons. The zero-order valence-electron chi connectivity index (χ0n) is 15.4. The molecule has 0 unspecified atom stereocenters. The van der Waals surface area contributed by atoms with Crippen molar-refractivity contribution in [2.75, 3.05) is 17.7 Å². The molecule has 7 nitrogen and oxygen atoms in total. The molecule has 0 spiro atoms. The van der Waals surface area contributed by atoms with Crippen LogP contribution in [0.1, 0.15) is 35.3 Å². The quantitative estimate of drug-likeness (QED) is 0.579. The number of halogens is 3. The van der Waals surface area contributed by atoms with Gasteiger partial charge in [0.25, 0.3) is 11.8 Å². The smallest absolute Gasteiger partial charge is 0.265 e. The number of pyridine rings is 1. The normalized spacial score (nSPS) is 21.3. The number of likely N-dealkylation sites (N-methyl/N-ethyl adjacent to an activating group) is 1. The van der Waals surface area contributed by atoms with Crippen LogP contribution in [0.25, 0.3) is 0 Å². The lowest BCUT2D eigenvalue weighted by Gasteiger charge is -2.38. The predicted octanol–water partition coefficient (Wildman–Crippen LogP) is 3.02. The lowest BCUT2D eigenvalue weighted by molar-refractivity contribution is -0.0654. The Morgan fingerprint density at radius 1 is 1.36 bits per heavy atom. The number of amides is 1. The van der Waals surface area contributed by atoms with E-state index in [1.165, 1.54) is 7.05 Å². The molecule has 1 saturated carbocycles. The van der Waals surface area contributed by atoms with Crippen LogP contribution in [0, 0.1) is 12.7 Å². The van der Waals surface area contributed by atoms with Gasteiger partial charge in [-0.15, -0.1) is 0 Å². The van der Waals surface area contributed by atoms with E-state index < -0.39 is 29.7 Å². The molecular formula is C17H21F3N6OS. The van der Waals surface area contributed by atoms with Crippen molar-refractivity contribution in [3.63, 3.8) is 0 Å². The standard InChI is InChI=1S/C17H21F3N6OS/c1-8-6-12(28-26-8)24-15-9(14(21)27)7-10(18)16(25-15)23-11-4-3-5-17(19,20)13(11)22-2/h6-7,11,13,22H,3-5H2,1-2H3,(H2,21,27)(H2,23,24,25)/t11-,13-/m1/s1.